The van der Waals surface area contributed by atoms with E-state index >= 15 is 0 Å². The maximum atomic E-state index is 12.7. The quantitative estimate of drug-likeness (QED) is 0.417. The summed E-state index contributed by atoms with van der Waals surface area (Å²) in [7, 11) is 0. The van der Waals surface area contributed by atoms with E-state index in [4.69, 9.17) is 0 Å². The highest BCUT2D eigenvalue weighted by molar-refractivity contribution is 6.00. The summed E-state index contributed by atoms with van der Waals surface area (Å²) in [6.07, 6.45) is 4.75. The molecule has 6 heteroatoms. The second kappa shape index (κ2) is 9.14. The number of rotatable bonds is 6. The molecule has 0 saturated carbocycles. The number of H-pyrrole nitrogens is 1. The molecule has 1 unspecified atom stereocenters. The van der Waals surface area contributed by atoms with Crippen molar-refractivity contribution in [2.45, 2.75) is 25.3 Å². The third kappa shape index (κ3) is 4.30. The van der Waals surface area contributed by atoms with E-state index in [2.05, 4.69) is 80.3 Å². The van der Waals surface area contributed by atoms with Crippen molar-refractivity contribution in [1.29, 1.82) is 0 Å². The smallest absolute Gasteiger partial charge is 0.319 e. The summed E-state index contributed by atoms with van der Waals surface area (Å²) in [4.78, 5) is 15.1. The first kappa shape index (κ1) is 20.1. The van der Waals surface area contributed by atoms with E-state index in [0.29, 0.717) is 6.54 Å². The summed E-state index contributed by atoms with van der Waals surface area (Å²) in [6, 6.07) is 25.0. The van der Waals surface area contributed by atoms with Crippen molar-refractivity contribution >= 4 is 28.3 Å². The van der Waals surface area contributed by atoms with Gasteiger partial charge >= 0.3 is 6.03 Å². The number of nitrogens with zero attached hydrogens (tertiary/aromatic N) is 2. The minimum atomic E-state index is -0.194. The lowest BCUT2D eigenvalue weighted by Crippen LogP contribution is -2.48. The Bertz CT molecular complexity index is 1200. The molecule has 2 heterocycles. The minimum Gasteiger partial charge on any atom is -0.366 e. The molecule has 4 aromatic rings. The molecule has 5 rings (SSSR count). The number of anilines is 2. The number of carbonyl (C=O) groups excluding carboxylic acids is 1. The molecule has 162 valence electrons. The molecule has 3 N–H and O–H groups in total. The number of para-hydroxylation sites is 1. The van der Waals surface area contributed by atoms with E-state index in [-0.39, 0.29) is 12.1 Å². The Labute approximate surface area is 187 Å². The number of carbonyl (C=O) groups is 1. The number of aromatic amines is 1. The number of benzene rings is 3. The topological polar surface area (TPSA) is 73.1 Å². The van der Waals surface area contributed by atoms with E-state index < -0.39 is 0 Å². The first-order chi connectivity index (χ1) is 15.8. The maximum absolute atomic E-state index is 12.7. The first-order valence-corrected chi connectivity index (χ1v) is 11.1. The molecule has 2 amide bonds. The van der Waals surface area contributed by atoms with Gasteiger partial charge in [-0.15, -0.1) is 0 Å². The number of amides is 2. The monoisotopic (exact) mass is 425 g/mol. The van der Waals surface area contributed by atoms with Gasteiger partial charge in [0.15, 0.2) is 0 Å². The van der Waals surface area contributed by atoms with Crippen molar-refractivity contribution in [3.8, 4) is 0 Å². The summed E-state index contributed by atoms with van der Waals surface area (Å²) in [5, 5.41) is 14.0. The third-order valence-corrected chi connectivity index (χ3v) is 6.20. The molecule has 1 aliphatic heterocycles. The van der Waals surface area contributed by atoms with Crippen LogP contribution in [0.1, 0.15) is 17.5 Å². The van der Waals surface area contributed by atoms with Crippen molar-refractivity contribution in [3.05, 3.63) is 90.1 Å². The van der Waals surface area contributed by atoms with Crippen LogP contribution < -0.4 is 15.5 Å². The predicted molar refractivity (Wildman–Crippen MR) is 129 cm³/mol. The predicted octanol–water partition coefficient (Wildman–Crippen LogP) is 4.75. The average molecular weight is 426 g/mol. The van der Waals surface area contributed by atoms with Gasteiger partial charge in [-0.2, -0.15) is 5.10 Å². The maximum Gasteiger partial charge on any atom is 0.319 e. The zero-order valence-electron chi connectivity index (χ0n) is 17.9. The largest absolute Gasteiger partial charge is 0.366 e. The molecule has 3 aromatic carbocycles. The van der Waals surface area contributed by atoms with Gasteiger partial charge in [-0.3, -0.25) is 5.10 Å². The first-order valence-electron chi connectivity index (χ1n) is 11.1. The van der Waals surface area contributed by atoms with Crippen LogP contribution in [-0.2, 0) is 12.8 Å². The SMILES string of the molecule is O=C(NCC1CCc2ccccc2N1CCc1ccccc1)Nc1cccc2[nH]ncc12. The molecule has 0 fully saturated rings. The Kier molecular flexibility index (Phi) is 5.75. The van der Waals surface area contributed by atoms with E-state index in [0.717, 1.165) is 42.4 Å². The summed E-state index contributed by atoms with van der Waals surface area (Å²) < 4.78 is 0. The van der Waals surface area contributed by atoms with Crippen LogP contribution in [0.15, 0.2) is 79.0 Å². The van der Waals surface area contributed by atoms with Crippen molar-refractivity contribution in [2.75, 3.05) is 23.3 Å². The van der Waals surface area contributed by atoms with Crippen LogP contribution in [0.5, 0.6) is 0 Å². The molecule has 0 spiro atoms. The molecule has 0 aliphatic carbocycles. The van der Waals surface area contributed by atoms with Crippen molar-refractivity contribution in [1.82, 2.24) is 15.5 Å². The number of aryl methyl sites for hydroxylation is 1. The fraction of sp³-hybridized carbons (Fsp3) is 0.231. The van der Waals surface area contributed by atoms with Crippen LogP contribution in [0.2, 0.25) is 0 Å². The van der Waals surface area contributed by atoms with Crippen LogP contribution in [0, 0.1) is 0 Å². The summed E-state index contributed by atoms with van der Waals surface area (Å²) in [6.45, 7) is 1.51. The lowest BCUT2D eigenvalue weighted by molar-refractivity contribution is 0.251. The van der Waals surface area contributed by atoms with Gasteiger partial charge in [-0.05, 0) is 48.6 Å². The number of hydrogen-bond acceptors (Lipinski definition) is 3. The van der Waals surface area contributed by atoms with Gasteiger partial charge in [-0.25, -0.2) is 4.79 Å². The van der Waals surface area contributed by atoms with Gasteiger partial charge < -0.3 is 15.5 Å². The number of fused-ring (bicyclic) bond motifs is 2. The van der Waals surface area contributed by atoms with Gasteiger partial charge in [-0.1, -0.05) is 54.6 Å². The number of nitrogens with one attached hydrogen (secondary N) is 3. The molecule has 1 aromatic heterocycles. The number of aromatic nitrogens is 2. The Morgan fingerprint density at radius 1 is 1.03 bits per heavy atom. The minimum absolute atomic E-state index is 0.194. The molecular formula is C26H27N5O. The summed E-state index contributed by atoms with van der Waals surface area (Å²) in [5.41, 5.74) is 5.65. The number of hydrogen-bond donors (Lipinski definition) is 3. The van der Waals surface area contributed by atoms with Crippen LogP contribution in [-0.4, -0.2) is 35.4 Å². The van der Waals surface area contributed by atoms with E-state index in [9.17, 15) is 4.79 Å². The van der Waals surface area contributed by atoms with Crippen LogP contribution in [0.3, 0.4) is 0 Å². The Hall–Kier alpha value is -3.80. The van der Waals surface area contributed by atoms with Gasteiger partial charge in [0, 0.05) is 30.2 Å². The Morgan fingerprint density at radius 2 is 1.88 bits per heavy atom. The summed E-state index contributed by atoms with van der Waals surface area (Å²) in [5.74, 6) is 0. The van der Waals surface area contributed by atoms with Gasteiger partial charge in [0.1, 0.15) is 0 Å². The standard InChI is InChI=1S/C26H27N5O/c32-26(29-23-10-6-11-24-22(23)18-28-30-24)27-17-21-14-13-20-9-4-5-12-25(20)31(21)16-15-19-7-2-1-3-8-19/h1-12,18,21H,13-17H2,(H,28,30)(H2,27,29,32). The van der Waals surface area contributed by atoms with Crippen LogP contribution in [0.25, 0.3) is 10.9 Å². The lowest BCUT2D eigenvalue weighted by Gasteiger charge is -2.39. The van der Waals surface area contributed by atoms with E-state index in [1.165, 1.54) is 16.8 Å². The van der Waals surface area contributed by atoms with Crippen molar-refractivity contribution in [3.63, 3.8) is 0 Å². The fourth-order valence-electron chi connectivity index (χ4n) is 4.54. The van der Waals surface area contributed by atoms with Gasteiger partial charge in [0.2, 0.25) is 0 Å². The fourth-order valence-corrected chi connectivity index (χ4v) is 4.54. The van der Waals surface area contributed by atoms with Crippen molar-refractivity contribution < 1.29 is 4.79 Å². The lowest BCUT2D eigenvalue weighted by atomic mass is 9.95. The van der Waals surface area contributed by atoms with Crippen molar-refractivity contribution in [2.24, 2.45) is 0 Å². The number of urea groups is 1. The zero-order valence-corrected chi connectivity index (χ0v) is 17.9. The van der Waals surface area contributed by atoms with Gasteiger partial charge in [0.05, 0.1) is 17.4 Å². The van der Waals surface area contributed by atoms with Crippen LogP contribution in [0.4, 0.5) is 16.2 Å². The second-order valence-electron chi connectivity index (χ2n) is 8.22. The highest BCUT2D eigenvalue weighted by Crippen LogP contribution is 2.30. The molecule has 32 heavy (non-hydrogen) atoms. The molecule has 1 aliphatic rings. The average Bonchev–Trinajstić information content (AvgIpc) is 3.32. The molecule has 1 atom stereocenters. The Balaban J connectivity index is 1.27. The van der Waals surface area contributed by atoms with E-state index in [1.807, 2.05) is 18.2 Å². The highest BCUT2D eigenvalue weighted by atomic mass is 16.2. The molecule has 0 radical (unpaired) electrons. The van der Waals surface area contributed by atoms with Gasteiger partial charge in [0.25, 0.3) is 0 Å². The molecule has 0 saturated heterocycles. The summed E-state index contributed by atoms with van der Waals surface area (Å²) >= 11 is 0. The highest BCUT2D eigenvalue weighted by Gasteiger charge is 2.26. The third-order valence-electron chi connectivity index (χ3n) is 6.20. The van der Waals surface area contributed by atoms with E-state index in [1.54, 1.807) is 6.20 Å². The zero-order chi connectivity index (χ0) is 21.8. The van der Waals surface area contributed by atoms with Crippen LogP contribution >= 0.6 is 0 Å². The molecule has 0 bridgehead atoms. The molecular weight excluding hydrogens is 398 g/mol. The molecule has 6 nitrogen and oxygen atoms in total. The normalized spacial score (nSPS) is 15.4. The second-order valence-corrected chi connectivity index (χ2v) is 8.22. The Morgan fingerprint density at radius 3 is 2.78 bits per heavy atom.